The Morgan fingerprint density at radius 1 is 1.62 bits per heavy atom. The van der Waals surface area contributed by atoms with E-state index in [1.54, 1.807) is 25.4 Å². The van der Waals surface area contributed by atoms with Crippen LogP contribution in [0.5, 0.6) is 0 Å². The molecule has 1 heterocycles. The normalized spacial score (nSPS) is 9.92. The molecule has 0 fully saturated rings. The summed E-state index contributed by atoms with van der Waals surface area (Å²) in [6.45, 7) is 0. The molecule has 0 bridgehead atoms. The molecule has 0 saturated carbocycles. The summed E-state index contributed by atoms with van der Waals surface area (Å²) in [5, 5.41) is 8.43. The molecule has 70 valence electrons. The van der Waals surface area contributed by atoms with E-state index in [4.69, 9.17) is 5.11 Å². The summed E-state index contributed by atoms with van der Waals surface area (Å²) in [6, 6.07) is 3.39. The lowest BCUT2D eigenvalue weighted by molar-refractivity contribution is -0.136. The fraction of sp³-hybridized carbons (Fsp3) is 0.333. The van der Waals surface area contributed by atoms with Crippen molar-refractivity contribution in [2.45, 2.75) is 12.8 Å². The molecule has 0 unspecified atom stereocenters. The van der Waals surface area contributed by atoms with Crippen LogP contribution in [0.4, 0.5) is 0 Å². The zero-order valence-corrected chi connectivity index (χ0v) is 7.36. The number of rotatable bonds is 3. The minimum absolute atomic E-state index is 0.000741. The van der Waals surface area contributed by atoms with Gasteiger partial charge in [0.15, 0.2) is 0 Å². The molecule has 0 aliphatic heterocycles. The molecule has 0 aliphatic rings. The zero-order valence-electron chi connectivity index (χ0n) is 7.36. The molecule has 1 aromatic heterocycles. The maximum Gasteiger partial charge on any atom is 0.303 e. The summed E-state index contributed by atoms with van der Waals surface area (Å²) in [4.78, 5) is 21.6. The lowest BCUT2D eigenvalue weighted by Crippen LogP contribution is -2.20. The molecular weight excluding hydrogens is 170 g/mol. The first-order chi connectivity index (χ1) is 6.11. The Hall–Kier alpha value is -1.58. The lowest BCUT2D eigenvalue weighted by atomic mass is 10.1. The molecule has 0 aliphatic carbocycles. The number of aryl methyl sites for hydroxylation is 2. The van der Waals surface area contributed by atoms with Crippen LogP contribution in [0.3, 0.4) is 0 Å². The first-order valence-corrected chi connectivity index (χ1v) is 3.97. The van der Waals surface area contributed by atoms with E-state index in [2.05, 4.69) is 0 Å². The molecule has 4 heteroatoms. The van der Waals surface area contributed by atoms with Crippen LogP contribution in [0.2, 0.25) is 0 Å². The Balaban J connectivity index is 2.84. The van der Waals surface area contributed by atoms with Crippen LogP contribution in [-0.2, 0) is 18.3 Å². The highest BCUT2D eigenvalue weighted by Gasteiger charge is 2.03. The summed E-state index contributed by atoms with van der Waals surface area (Å²) >= 11 is 0. The zero-order chi connectivity index (χ0) is 9.84. The average Bonchev–Trinajstić information content (AvgIpc) is 2.07. The maximum atomic E-state index is 11.4. The van der Waals surface area contributed by atoms with Gasteiger partial charge in [-0.25, -0.2) is 0 Å². The maximum absolute atomic E-state index is 11.4. The number of nitrogens with zero attached hydrogens (tertiary/aromatic N) is 1. The summed E-state index contributed by atoms with van der Waals surface area (Å²) < 4.78 is 1.44. The Morgan fingerprint density at radius 3 is 2.92 bits per heavy atom. The van der Waals surface area contributed by atoms with Crippen molar-refractivity contribution in [3.05, 3.63) is 34.2 Å². The van der Waals surface area contributed by atoms with Gasteiger partial charge >= 0.3 is 5.97 Å². The summed E-state index contributed by atoms with van der Waals surface area (Å²) in [5.74, 6) is -0.883. The summed E-state index contributed by atoms with van der Waals surface area (Å²) in [7, 11) is 1.65. The van der Waals surface area contributed by atoms with Crippen molar-refractivity contribution in [2.75, 3.05) is 0 Å². The molecule has 0 saturated heterocycles. The molecule has 4 nitrogen and oxygen atoms in total. The number of pyridine rings is 1. The standard InChI is InChI=1S/C9H11NO3/c1-10-6-2-3-7(9(10)13)4-5-8(11)12/h2-3,6H,4-5H2,1H3,(H,11,12). The molecule has 0 radical (unpaired) electrons. The molecule has 1 N–H and O–H groups in total. The van der Waals surface area contributed by atoms with Gasteiger partial charge in [-0.15, -0.1) is 0 Å². The van der Waals surface area contributed by atoms with Crippen LogP contribution < -0.4 is 5.56 Å². The second-order valence-corrected chi connectivity index (χ2v) is 2.84. The predicted molar refractivity (Wildman–Crippen MR) is 47.6 cm³/mol. The van der Waals surface area contributed by atoms with E-state index in [1.807, 2.05) is 0 Å². The molecule has 0 spiro atoms. The summed E-state index contributed by atoms with van der Waals surface area (Å²) in [6.07, 6.45) is 1.94. The number of carboxylic acid groups (broad SMARTS) is 1. The van der Waals surface area contributed by atoms with Crippen molar-refractivity contribution in [1.82, 2.24) is 4.57 Å². The fourth-order valence-corrected chi connectivity index (χ4v) is 1.09. The van der Waals surface area contributed by atoms with Crippen molar-refractivity contribution in [3.8, 4) is 0 Å². The quantitative estimate of drug-likeness (QED) is 0.734. The molecule has 1 aromatic rings. The van der Waals surface area contributed by atoms with Crippen molar-refractivity contribution in [1.29, 1.82) is 0 Å². The molecule has 0 atom stereocenters. The third kappa shape index (κ3) is 2.43. The molecule has 13 heavy (non-hydrogen) atoms. The van der Waals surface area contributed by atoms with Crippen molar-refractivity contribution < 1.29 is 9.90 Å². The van der Waals surface area contributed by atoms with E-state index in [0.717, 1.165) is 0 Å². The van der Waals surface area contributed by atoms with Crippen LogP contribution in [0.1, 0.15) is 12.0 Å². The van der Waals surface area contributed by atoms with E-state index in [1.165, 1.54) is 4.57 Å². The van der Waals surface area contributed by atoms with Gasteiger partial charge < -0.3 is 9.67 Å². The lowest BCUT2D eigenvalue weighted by Gasteiger charge is -2.00. The number of hydrogen-bond donors (Lipinski definition) is 1. The largest absolute Gasteiger partial charge is 0.481 e. The minimum Gasteiger partial charge on any atom is -0.481 e. The van der Waals surface area contributed by atoms with Crippen LogP contribution in [-0.4, -0.2) is 15.6 Å². The highest BCUT2D eigenvalue weighted by Crippen LogP contribution is 1.96. The van der Waals surface area contributed by atoms with Crippen molar-refractivity contribution >= 4 is 5.97 Å². The smallest absolute Gasteiger partial charge is 0.303 e. The Bertz CT molecular complexity index is 367. The third-order valence-electron chi connectivity index (χ3n) is 1.81. The number of hydrogen-bond acceptors (Lipinski definition) is 2. The first kappa shape index (κ1) is 9.51. The van der Waals surface area contributed by atoms with Gasteiger partial charge in [-0.05, 0) is 12.5 Å². The van der Waals surface area contributed by atoms with E-state index in [0.29, 0.717) is 12.0 Å². The van der Waals surface area contributed by atoms with Gasteiger partial charge in [0.05, 0.1) is 0 Å². The second kappa shape index (κ2) is 3.89. The van der Waals surface area contributed by atoms with E-state index >= 15 is 0 Å². The number of aliphatic carboxylic acids is 1. The number of aromatic nitrogens is 1. The highest BCUT2D eigenvalue weighted by atomic mass is 16.4. The Morgan fingerprint density at radius 2 is 2.31 bits per heavy atom. The van der Waals surface area contributed by atoms with Crippen LogP contribution >= 0.6 is 0 Å². The third-order valence-corrected chi connectivity index (χ3v) is 1.81. The van der Waals surface area contributed by atoms with E-state index < -0.39 is 5.97 Å². The Labute approximate surface area is 75.4 Å². The fourth-order valence-electron chi connectivity index (χ4n) is 1.09. The average molecular weight is 181 g/mol. The van der Waals surface area contributed by atoms with Crippen LogP contribution in [0, 0.1) is 0 Å². The topological polar surface area (TPSA) is 59.3 Å². The van der Waals surface area contributed by atoms with Gasteiger partial charge in [0.1, 0.15) is 0 Å². The van der Waals surface area contributed by atoms with Gasteiger partial charge in [0.25, 0.3) is 5.56 Å². The minimum atomic E-state index is -0.883. The van der Waals surface area contributed by atoms with Gasteiger partial charge in [-0.1, -0.05) is 6.07 Å². The molecule has 1 rings (SSSR count). The Kier molecular flexibility index (Phi) is 2.84. The molecular formula is C9H11NO3. The summed E-state index contributed by atoms with van der Waals surface area (Å²) in [5.41, 5.74) is 0.427. The second-order valence-electron chi connectivity index (χ2n) is 2.84. The first-order valence-electron chi connectivity index (χ1n) is 3.97. The highest BCUT2D eigenvalue weighted by molar-refractivity contribution is 5.67. The SMILES string of the molecule is Cn1cccc(CCC(=O)O)c1=O. The molecule has 0 amide bonds. The number of carbonyl (C=O) groups is 1. The van der Waals surface area contributed by atoms with Crippen molar-refractivity contribution in [3.63, 3.8) is 0 Å². The predicted octanol–water partition coefficient (Wildman–Crippen LogP) is 0.403. The van der Waals surface area contributed by atoms with Gasteiger partial charge in [-0.2, -0.15) is 0 Å². The number of carboxylic acids is 1. The van der Waals surface area contributed by atoms with Gasteiger partial charge in [0, 0.05) is 25.2 Å². The van der Waals surface area contributed by atoms with Gasteiger partial charge in [-0.3, -0.25) is 9.59 Å². The van der Waals surface area contributed by atoms with E-state index in [-0.39, 0.29) is 12.0 Å². The monoisotopic (exact) mass is 181 g/mol. The van der Waals surface area contributed by atoms with E-state index in [9.17, 15) is 9.59 Å². The van der Waals surface area contributed by atoms with Crippen LogP contribution in [0.15, 0.2) is 23.1 Å². The molecule has 0 aromatic carbocycles. The van der Waals surface area contributed by atoms with Crippen molar-refractivity contribution in [2.24, 2.45) is 7.05 Å². The van der Waals surface area contributed by atoms with Crippen LogP contribution in [0.25, 0.3) is 0 Å². The van der Waals surface area contributed by atoms with Gasteiger partial charge in [0.2, 0.25) is 0 Å².